The number of rotatable bonds is 6. The van der Waals surface area contributed by atoms with Crippen LogP contribution in [-0.2, 0) is 33.3 Å². The van der Waals surface area contributed by atoms with E-state index in [4.69, 9.17) is 33.2 Å². The van der Waals surface area contributed by atoms with E-state index < -0.39 is 28.9 Å². The summed E-state index contributed by atoms with van der Waals surface area (Å²) in [6, 6.07) is 5.45. The van der Waals surface area contributed by atoms with E-state index in [1.165, 1.54) is 6.08 Å². The summed E-state index contributed by atoms with van der Waals surface area (Å²) in [4.78, 5) is 25.8. The molecule has 9 nitrogen and oxygen atoms in total. The molecule has 3 saturated heterocycles. The maximum Gasteiger partial charge on any atom is 0.334 e. The lowest BCUT2D eigenvalue weighted by molar-refractivity contribution is -0.163. The van der Waals surface area contributed by atoms with Crippen LogP contribution in [0.1, 0.15) is 45.6 Å². The zero-order valence-corrected chi connectivity index (χ0v) is 23.4. The van der Waals surface area contributed by atoms with Gasteiger partial charge in [-0.25, -0.2) is 9.59 Å². The van der Waals surface area contributed by atoms with Crippen LogP contribution >= 0.6 is 0 Å². The number of methoxy groups -OCH3 is 2. The quantitative estimate of drug-likeness (QED) is 0.299. The lowest BCUT2D eigenvalue weighted by atomic mass is 9.46. The van der Waals surface area contributed by atoms with Crippen molar-refractivity contribution in [2.45, 2.75) is 81.3 Å². The average molecular weight is 551 g/mol. The van der Waals surface area contributed by atoms with Crippen molar-refractivity contribution < 1.29 is 42.7 Å². The molecule has 1 aromatic carbocycles. The summed E-state index contributed by atoms with van der Waals surface area (Å²) in [5, 5.41) is 0. The number of hydrogen-bond acceptors (Lipinski definition) is 9. The fourth-order valence-electron chi connectivity index (χ4n) is 9.12. The molecule has 0 radical (unpaired) electrons. The van der Waals surface area contributed by atoms with Gasteiger partial charge in [-0.3, -0.25) is 0 Å². The molecule has 4 heterocycles. The molecule has 0 amide bonds. The topological polar surface area (TPSA) is 109 Å². The van der Waals surface area contributed by atoms with Gasteiger partial charge in [-0.2, -0.15) is 0 Å². The number of carbonyl (C=O) groups is 2. The van der Waals surface area contributed by atoms with E-state index in [1.54, 1.807) is 32.4 Å². The molecule has 8 rings (SSSR count). The van der Waals surface area contributed by atoms with Crippen LogP contribution < -0.4 is 9.47 Å². The van der Waals surface area contributed by atoms with Gasteiger partial charge < -0.3 is 33.2 Å². The predicted octanol–water partition coefficient (Wildman–Crippen LogP) is 3.38. The third-order valence-corrected chi connectivity index (χ3v) is 11.1. The Morgan fingerprint density at radius 2 is 1.90 bits per heavy atom. The number of cyclic esters (lactones) is 1. The van der Waals surface area contributed by atoms with E-state index in [-0.39, 0.29) is 41.5 Å². The summed E-state index contributed by atoms with van der Waals surface area (Å²) in [6.45, 7) is 6.83. The third-order valence-electron chi connectivity index (χ3n) is 11.1. The lowest BCUT2D eigenvalue weighted by Crippen LogP contribution is -2.70. The molecule has 2 saturated carbocycles. The Hall–Kier alpha value is -2.88. The Morgan fingerprint density at radius 3 is 2.65 bits per heavy atom. The van der Waals surface area contributed by atoms with Gasteiger partial charge >= 0.3 is 11.9 Å². The second kappa shape index (κ2) is 7.69. The van der Waals surface area contributed by atoms with Crippen LogP contribution in [0.3, 0.4) is 0 Å². The minimum absolute atomic E-state index is 0.0959. The Balaban J connectivity index is 1.13. The van der Waals surface area contributed by atoms with Crippen molar-refractivity contribution in [1.29, 1.82) is 0 Å². The monoisotopic (exact) mass is 550 g/mol. The van der Waals surface area contributed by atoms with Crippen molar-refractivity contribution in [2.75, 3.05) is 20.8 Å². The van der Waals surface area contributed by atoms with E-state index in [0.29, 0.717) is 24.5 Å². The van der Waals surface area contributed by atoms with Gasteiger partial charge in [0.25, 0.3) is 0 Å². The van der Waals surface area contributed by atoms with Crippen LogP contribution in [0, 0.1) is 17.3 Å². The molecular weight excluding hydrogens is 516 g/mol. The molecule has 2 spiro atoms. The van der Waals surface area contributed by atoms with Gasteiger partial charge in [0, 0.05) is 17.1 Å². The van der Waals surface area contributed by atoms with Gasteiger partial charge in [0.1, 0.15) is 30.0 Å². The number of esters is 2. The fourth-order valence-corrected chi connectivity index (χ4v) is 9.12. The highest BCUT2D eigenvalue weighted by Gasteiger charge is 3.01. The highest BCUT2D eigenvalue weighted by molar-refractivity contribution is 5.92. The van der Waals surface area contributed by atoms with E-state index in [9.17, 15) is 9.59 Å². The Kier molecular flexibility index (Phi) is 4.78. The second-order valence-electron chi connectivity index (χ2n) is 12.8. The summed E-state index contributed by atoms with van der Waals surface area (Å²) in [6.07, 6.45) is 4.32. The number of epoxide rings is 3. The first kappa shape index (κ1) is 24.9. The fraction of sp³-hybridized carbons (Fsp3) is 0.613. The van der Waals surface area contributed by atoms with Crippen molar-refractivity contribution in [1.82, 2.24) is 0 Å². The Morgan fingerprint density at radius 1 is 1.10 bits per heavy atom. The van der Waals surface area contributed by atoms with Crippen molar-refractivity contribution in [2.24, 2.45) is 17.3 Å². The summed E-state index contributed by atoms with van der Waals surface area (Å²) < 4.78 is 42.4. The number of benzene rings is 1. The molecule has 0 unspecified atom stereocenters. The molecule has 5 fully saturated rings. The molecule has 0 N–H and O–H groups in total. The molecule has 212 valence electrons. The van der Waals surface area contributed by atoms with Crippen LogP contribution in [0.15, 0.2) is 35.4 Å². The summed E-state index contributed by atoms with van der Waals surface area (Å²) in [5.74, 6) is 0.776. The molecule has 7 aliphatic rings. The predicted molar refractivity (Wildman–Crippen MR) is 140 cm³/mol. The van der Waals surface area contributed by atoms with E-state index in [2.05, 4.69) is 20.8 Å². The molecule has 0 aromatic heterocycles. The zero-order chi connectivity index (χ0) is 27.8. The van der Waals surface area contributed by atoms with Crippen molar-refractivity contribution in [3.05, 3.63) is 41.0 Å². The van der Waals surface area contributed by atoms with Crippen LogP contribution in [0.25, 0.3) is 6.08 Å². The maximum atomic E-state index is 13.4. The molecule has 3 aliphatic carbocycles. The van der Waals surface area contributed by atoms with Gasteiger partial charge in [0.15, 0.2) is 23.2 Å². The molecule has 9 atom stereocenters. The molecule has 4 aliphatic heterocycles. The van der Waals surface area contributed by atoms with E-state index in [1.807, 2.05) is 6.07 Å². The summed E-state index contributed by atoms with van der Waals surface area (Å²) in [7, 11) is 3.16. The van der Waals surface area contributed by atoms with Gasteiger partial charge in [-0.05, 0) is 60.4 Å². The van der Waals surface area contributed by atoms with Crippen LogP contribution in [0.5, 0.6) is 11.5 Å². The first-order chi connectivity index (χ1) is 19.2. The smallest absolute Gasteiger partial charge is 0.334 e. The van der Waals surface area contributed by atoms with Crippen LogP contribution in [0.4, 0.5) is 0 Å². The van der Waals surface area contributed by atoms with Gasteiger partial charge in [-0.15, -0.1) is 0 Å². The molecule has 0 bridgehead atoms. The number of ether oxygens (including phenoxy) is 7. The number of hydrogen-bond donors (Lipinski definition) is 0. The number of fused-ring (bicyclic) bond motifs is 4. The van der Waals surface area contributed by atoms with Gasteiger partial charge in [0.05, 0.1) is 20.3 Å². The van der Waals surface area contributed by atoms with Crippen molar-refractivity contribution in [3.8, 4) is 11.5 Å². The highest BCUT2D eigenvalue weighted by Crippen LogP contribution is 2.83. The van der Waals surface area contributed by atoms with Crippen LogP contribution in [-0.4, -0.2) is 74.0 Å². The Labute approximate surface area is 232 Å². The standard InChI is InChI=1S/C31H34O9/c1-15(2)29-24(39-29)25-31(40-25)28(3)11-10-17-18(14-36-26(17)33)19(28)13-22-30(31,38-22)27(29)37-23(32)9-7-16-6-8-20(34-4)21(12-16)35-5/h6-9,12,15,19,22,24-25,27H,10-11,13-14H2,1-5H3/b9-7+/t19-,22-,24-,25-,27+,28-,29-,30+,31+/m0/s1. The third kappa shape index (κ3) is 2.70. The largest absolute Gasteiger partial charge is 0.493 e. The van der Waals surface area contributed by atoms with Crippen molar-refractivity contribution in [3.63, 3.8) is 0 Å². The zero-order valence-electron chi connectivity index (χ0n) is 23.4. The van der Waals surface area contributed by atoms with E-state index >= 15 is 0 Å². The molecular formula is C31H34O9. The normalized spacial score (nSPS) is 45.0. The molecule has 9 heteroatoms. The minimum Gasteiger partial charge on any atom is -0.493 e. The number of carbonyl (C=O) groups excluding carboxylic acids is 2. The summed E-state index contributed by atoms with van der Waals surface area (Å²) >= 11 is 0. The minimum atomic E-state index is -0.769. The van der Waals surface area contributed by atoms with E-state index in [0.717, 1.165) is 29.6 Å². The first-order valence-corrected chi connectivity index (χ1v) is 14.2. The second-order valence-corrected chi connectivity index (χ2v) is 12.8. The van der Waals surface area contributed by atoms with Crippen LogP contribution in [0.2, 0.25) is 0 Å². The highest BCUT2D eigenvalue weighted by atomic mass is 16.8. The van der Waals surface area contributed by atoms with Crippen molar-refractivity contribution >= 4 is 18.0 Å². The van der Waals surface area contributed by atoms with Gasteiger partial charge in [-0.1, -0.05) is 26.8 Å². The summed E-state index contributed by atoms with van der Waals surface area (Å²) in [5.41, 5.74) is 0.390. The maximum absolute atomic E-state index is 13.4. The lowest BCUT2D eigenvalue weighted by Gasteiger charge is -2.53. The first-order valence-electron chi connectivity index (χ1n) is 14.2. The molecule has 1 aromatic rings. The van der Waals surface area contributed by atoms with Gasteiger partial charge in [0.2, 0.25) is 0 Å². The Bertz CT molecular complexity index is 1410. The average Bonchev–Trinajstić information content (AvgIpc) is 3.86. The molecule has 40 heavy (non-hydrogen) atoms. The SMILES string of the molecule is COc1ccc(/C=C/C(=O)O[C@@H]2[C@@]3(C(C)C)O[C@H]3[C@@H]3O[C@]34[C@]23O[C@H]3C[C@H]2C3=C(CC[C@@]24C)C(=O)OC3)cc1OC.